The Morgan fingerprint density at radius 3 is 1.61 bits per heavy atom. The molecule has 0 N–H and O–H groups in total. The van der Waals surface area contributed by atoms with Gasteiger partial charge < -0.3 is 0 Å². The highest BCUT2D eigenvalue weighted by atomic mass is 14.3. The second-order valence-corrected chi connectivity index (χ2v) is 5.91. The first-order valence-corrected chi connectivity index (χ1v) is 8.32. The van der Waals surface area contributed by atoms with Gasteiger partial charge in [-0.05, 0) is 37.9 Å². The number of benzene rings is 4. The third-order valence-corrected chi connectivity index (χ3v) is 4.48. The fourth-order valence-electron chi connectivity index (χ4n) is 3.21. The van der Waals surface area contributed by atoms with E-state index in [1.165, 1.54) is 62.2 Å². The second-order valence-electron chi connectivity index (χ2n) is 5.91. The number of rotatable bonds is 1. The van der Waals surface area contributed by atoms with E-state index in [1.807, 2.05) is 6.08 Å². The third-order valence-electron chi connectivity index (χ3n) is 4.48. The highest BCUT2D eigenvalue weighted by Gasteiger charge is 2.08. The van der Waals surface area contributed by atoms with Gasteiger partial charge in [0, 0.05) is 0 Å². The van der Waals surface area contributed by atoms with Crippen molar-refractivity contribution in [1.29, 1.82) is 21.0 Å². The van der Waals surface area contributed by atoms with Crippen LogP contribution < -0.4 is 0 Å². The van der Waals surface area contributed by atoms with Crippen LogP contribution in [0.3, 0.4) is 0 Å². The summed E-state index contributed by atoms with van der Waals surface area (Å²) >= 11 is 0. The molecule has 0 radical (unpaired) electrons. The Morgan fingerprint density at radius 2 is 1.11 bits per heavy atom. The summed E-state index contributed by atoms with van der Waals surface area (Å²) in [7, 11) is 0. The lowest BCUT2D eigenvalue weighted by Gasteiger charge is -2.12. The maximum atomic E-state index is 8.13. The molecule has 4 aromatic carbocycles. The Labute approximate surface area is 162 Å². The maximum absolute atomic E-state index is 8.13. The number of nitrogens with zero attached hydrogens (tertiary/aromatic N) is 4. The van der Waals surface area contributed by atoms with Crippen LogP contribution in [0.1, 0.15) is 5.56 Å². The minimum Gasteiger partial charge on any atom is -0.192 e. The molecule has 0 aromatic heterocycles. The van der Waals surface area contributed by atoms with E-state index in [4.69, 9.17) is 21.0 Å². The summed E-state index contributed by atoms with van der Waals surface area (Å²) in [5.41, 5.74) is 0.329. The Bertz CT molecular complexity index is 1330. The molecule has 0 aliphatic carbocycles. The van der Waals surface area contributed by atoms with Crippen LogP contribution in [-0.4, -0.2) is 0 Å². The molecule has 4 rings (SSSR count). The molecular weight excluding hydrogens is 344 g/mol. The van der Waals surface area contributed by atoms with Gasteiger partial charge >= 0.3 is 0 Å². The number of nitriles is 4. The smallest absolute Gasteiger partial charge is 0.158 e. The summed E-state index contributed by atoms with van der Waals surface area (Å²) in [5.74, 6) is 0. The summed E-state index contributed by atoms with van der Waals surface area (Å²) in [4.78, 5) is 0. The fourth-order valence-corrected chi connectivity index (χ4v) is 3.21. The molecule has 0 spiro atoms. The second kappa shape index (κ2) is 7.72. The van der Waals surface area contributed by atoms with Crippen molar-refractivity contribution in [2.24, 2.45) is 0 Å². The lowest BCUT2D eigenvalue weighted by molar-refractivity contribution is 1.41. The summed E-state index contributed by atoms with van der Waals surface area (Å²) in [6.45, 7) is 3.91. The quantitative estimate of drug-likeness (QED) is 0.327. The van der Waals surface area contributed by atoms with Gasteiger partial charge in [0.15, 0.2) is 11.1 Å². The van der Waals surface area contributed by atoms with Gasteiger partial charge in [-0.1, -0.05) is 67.3 Å². The van der Waals surface area contributed by atoms with E-state index in [1.54, 1.807) is 0 Å². The van der Waals surface area contributed by atoms with Gasteiger partial charge in [0.05, 0.1) is 0 Å². The molecule has 0 bridgehead atoms. The van der Waals surface area contributed by atoms with Crippen molar-refractivity contribution in [2.75, 3.05) is 0 Å². The average molecular weight is 356 g/mol. The van der Waals surface area contributed by atoms with Crippen LogP contribution in [0.2, 0.25) is 0 Å². The average Bonchev–Trinajstić information content (AvgIpc) is 2.76. The normalized spacial score (nSPS) is 9.43. The predicted molar refractivity (Wildman–Crippen MR) is 110 cm³/mol. The molecule has 0 amide bonds. The van der Waals surface area contributed by atoms with Crippen molar-refractivity contribution in [1.82, 2.24) is 0 Å². The molecule has 0 aliphatic rings. The molecule has 4 nitrogen and oxygen atoms in total. The van der Waals surface area contributed by atoms with E-state index in [-0.39, 0.29) is 0 Å². The minimum atomic E-state index is -0.440. The molecule has 0 unspecified atom stereocenters. The molecule has 0 heterocycles. The summed E-state index contributed by atoms with van der Waals surface area (Å²) < 4.78 is 0. The van der Waals surface area contributed by atoms with Gasteiger partial charge in [0.25, 0.3) is 0 Å². The SMILES string of the molecule is C=Cc1ccc2ccc3cccc4ccc1c2c34.N#CC(C#N)=C(C#N)C#N. The number of hydrogen-bond acceptors (Lipinski definition) is 4. The van der Waals surface area contributed by atoms with Gasteiger partial charge in [-0.2, -0.15) is 21.0 Å². The molecule has 4 heteroatoms. The minimum absolute atomic E-state index is 0.440. The molecule has 0 fully saturated rings. The van der Waals surface area contributed by atoms with Gasteiger partial charge in [-0.15, -0.1) is 0 Å². The molecule has 0 aliphatic heterocycles. The first-order valence-electron chi connectivity index (χ1n) is 8.32. The first-order chi connectivity index (χ1) is 13.7. The van der Waals surface area contributed by atoms with Crippen molar-refractivity contribution in [3.8, 4) is 24.3 Å². The zero-order chi connectivity index (χ0) is 20.1. The summed E-state index contributed by atoms with van der Waals surface area (Å²) in [5, 5.41) is 40.5. The first kappa shape index (κ1) is 18.2. The van der Waals surface area contributed by atoms with Crippen LogP contribution in [-0.2, 0) is 0 Å². The van der Waals surface area contributed by atoms with Gasteiger partial charge in [0.1, 0.15) is 24.3 Å². The monoisotopic (exact) mass is 356 g/mol. The van der Waals surface area contributed by atoms with Gasteiger partial charge in [-0.25, -0.2) is 0 Å². The van der Waals surface area contributed by atoms with Crippen LogP contribution >= 0.6 is 0 Å². The van der Waals surface area contributed by atoms with Crippen LogP contribution in [0.25, 0.3) is 38.4 Å². The van der Waals surface area contributed by atoms with E-state index in [0.29, 0.717) is 0 Å². The van der Waals surface area contributed by atoms with Crippen LogP contribution in [0.15, 0.2) is 72.3 Å². The summed E-state index contributed by atoms with van der Waals surface area (Å²) in [6.07, 6.45) is 1.94. The molecule has 0 saturated heterocycles. The van der Waals surface area contributed by atoms with E-state index >= 15 is 0 Å². The maximum Gasteiger partial charge on any atom is 0.158 e. The molecule has 28 heavy (non-hydrogen) atoms. The van der Waals surface area contributed by atoms with E-state index in [2.05, 4.69) is 61.2 Å². The lowest BCUT2D eigenvalue weighted by Crippen LogP contribution is -1.85. The highest BCUT2D eigenvalue weighted by Crippen LogP contribution is 2.35. The van der Waals surface area contributed by atoms with Gasteiger partial charge in [-0.3, -0.25) is 0 Å². The number of hydrogen-bond donors (Lipinski definition) is 0. The standard InChI is InChI=1S/C18H12.C6N4/c1-2-12-6-7-15-9-8-13-4-3-5-14-10-11-16(12)18(15)17(13)14;7-1-5(2-8)6(3-9)4-10/h2-11H,1H2;. The molecule has 128 valence electrons. The van der Waals surface area contributed by atoms with Crippen molar-refractivity contribution >= 4 is 38.4 Å². The third kappa shape index (κ3) is 3.00. The lowest BCUT2D eigenvalue weighted by atomic mass is 9.92. The number of allylic oxidation sites excluding steroid dienone is 2. The zero-order valence-corrected chi connectivity index (χ0v) is 14.8. The Morgan fingerprint density at radius 1 is 0.643 bits per heavy atom. The molecular formula is C24H12N4. The van der Waals surface area contributed by atoms with Crippen molar-refractivity contribution in [3.63, 3.8) is 0 Å². The summed E-state index contributed by atoms with van der Waals surface area (Å²) in [6, 6.07) is 25.4. The Hall–Kier alpha value is -4.64. The molecule has 0 saturated carbocycles. The highest BCUT2D eigenvalue weighted by molar-refractivity contribution is 6.24. The van der Waals surface area contributed by atoms with E-state index in [0.717, 1.165) is 0 Å². The van der Waals surface area contributed by atoms with Crippen molar-refractivity contribution in [2.45, 2.75) is 0 Å². The predicted octanol–water partition coefficient (Wildman–Crippen LogP) is 5.60. The largest absolute Gasteiger partial charge is 0.192 e. The van der Waals surface area contributed by atoms with Gasteiger partial charge in [0.2, 0.25) is 0 Å². The fraction of sp³-hybridized carbons (Fsp3) is 0. The zero-order valence-electron chi connectivity index (χ0n) is 14.8. The Balaban J connectivity index is 0.000000195. The van der Waals surface area contributed by atoms with Crippen LogP contribution in [0.5, 0.6) is 0 Å². The van der Waals surface area contributed by atoms with Crippen molar-refractivity contribution < 1.29 is 0 Å². The topological polar surface area (TPSA) is 95.2 Å². The van der Waals surface area contributed by atoms with Crippen molar-refractivity contribution in [3.05, 3.63) is 77.9 Å². The van der Waals surface area contributed by atoms with Crippen LogP contribution in [0, 0.1) is 45.3 Å². The molecule has 4 aromatic rings. The van der Waals surface area contributed by atoms with E-state index < -0.39 is 11.1 Å². The van der Waals surface area contributed by atoms with E-state index in [9.17, 15) is 0 Å². The Kier molecular flexibility index (Phi) is 5.00. The van der Waals surface area contributed by atoms with Crippen LogP contribution in [0.4, 0.5) is 0 Å². The molecule has 0 atom stereocenters.